The lowest BCUT2D eigenvalue weighted by Crippen LogP contribution is -2.22. The van der Waals surface area contributed by atoms with E-state index in [9.17, 15) is 18.8 Å². The number of anilines is 1. The number of rotatable bonds is 5. The smallest absolute Gasteiger partial charge is 0.341 e. The maximum Gasteiger partial charge on any atom is 0.341 e. The zero-order valence-corrected chi connectivity index (χ0v) is 13.9. The Bertz CT molecular complexity index is 778. The zero-order valence-electron chi connectivity index (χ0n) is 11.5. The van der Waals surface area contributed by atoms with Crippen molar-refractivity contribution in [2.24, 2.45) is 5.73 Å². The lowest BCUT2D eigenvalue weighted by Gasteiger charge is -2.07. The highest BCUT2D eigenvalue weighted by Gasteiger charge is 2.17. The molecule has 0 bridgehead atoms. The number of thiophene rings is 1. The van der Waals surface area contributed by atoms with Crippen LogP contribution in [-0.2, 0) is 9.53 Å². The Kier molecular flexibility index (Phi) is 5.45. The van der Waals surface area contributed by atoms with Crippen molar-refractivity contribution in [3.05, 3.63) is 51.1 Å². The fourth-order valence-corrected chi connectivity index (χ4v) is 2.77. The SMILES string of the molecule is NC(=O)c1ccsc1NC(=O)COC(=O)c1ccc(Br)cc1F. The third kappa shape index (κ3) is 4.36. The summed E-state index contributed by atoms with van der Waals surface area (Å²) in [4.78, 5) is 34.6. The summed E-state index contributed by atoms with van der Waals surface area (Å²) in [5.74, 6) is -3.08. The first kappa shape index (κ1) is 17.1. The van der Waals surface area contributed by atoms with E-state index >= 15 is 0 Å². The number of hydrogen-bond donors (Lipinski definition) is 2. The van der Waals surface area contributed by atoms with Crippen LogP contribution in [0.2, 0.25) is 0 Å². The molecule has 2 rings (SSSR count). The topological polar surface area (TPSA) is 98.5 Å². The zero-order chi connectivity index (χ0) is 17.0. The minimum atomic E-state index is -0.966. The monoisotopic (exact) mass is 400 g/mol. The molecule has 0 saturated heterocycles. The van der Waals surface area contributed by atoms with Gasteiger partial charge in [0.15, 0.2) is 6.61 Å². The maximum absolute atomic E-state index is 13.6. The van der Waals surface area contributed by atoms with Crippen LogP contribution in [0.15, 0.2) is 34.1 Å². The molecule has 0 atom stereocenters. The van der Waals surface area contributed by atoms with Crippen LogP contribution < -0.4 is 11.1 Å². The Morgan fingerprint density at radius 2 is 2.00 bits per heavy atom. The largest absolute Gasteiger partial charge is 0.452 e. The molecule has 2 amide bonds. The highest BCUT2D eigenvalue weighted by atomic mass is 79.9. The van der Waals surface area contributed by atoms with Gasteiger partial charge in [0.1, 0.15) is 10.8 Å². The van der Waals surface area contributed by atoms with Gasteiger partial charge in [-0.3, -0.25) is 9.59 Å². The molecular formula is C14H10BrFN2O4S. The van der Waals surface area contributed by atoms with Crippen LogP contribution in [0.1, 0.15) is 20.7 Å². The number of nitrogens with two attached hydrogens (primary N) is 1. The minimum Gasteiger partial charge on any atom is -0.452 e. The van der Waals surface area contributed by atoms with E-state index in [2.05, 4.69) is 21.2 Å². The van der Waals surface area contributed by atoms with Crippen molar-refractivity contribution in [1.29, 1.82) is 0 Å². The quantitative estimate of drug-likeness (QED) is 0.753. The van der Waals surface area contributed by atoms with E-state index in [1.54, 1.807) is 5.38 Å². The first-order valence-corrected chi connectivity index (χ1v) is 7.85. The van der Waals surface area contributed by atoms with Gasteiger partial charge in [0.05, 0.1) is 11.1 Å². The number of nitrogens with one attached hydrogen (secondary N) is 1. The van der Waals surface area contributed by atoms with E-state index in [0.717, 1.165) is 17.4 Å². The number of esters is 1. The van der Waals surface area contributed by atoms with E-state index in [4.69, 9.17) is 10.5 Å². The Morgan fingerprint density at radius 1 is 1.26 bits per heavy atom. The van der Waals surface area contributed by atoms with E-state index in [1.165, 1.54) is 18.2 Å². The van der Waals surface area contributed by atoms with Crippen molar-refractivity contribution in [3.8, 4) is 0 Å². The number of hydrogen-bond acceptors (Lipinski definition) is 5. The van der Waals surface area contributed by atoms with Gasteiger partial charge in [-0.2, -0.15) is 0 Å². The molecule has 9 heteroatoms. The number of halogens is 2. The molecular weight excluding hydrogens is 391 g/mol. The van der Waals surface area contributed by atoms with Crippen molar-refractivity contribution < 1.29 is 23.5 Å². The number of carbonyl (C=O) groups excluding carboxylic acids is 3. The predicted octanol–water partition coefficient (Wildman–Crippen LogP) is 2.54. The lowest BCUT2D eigenvalue weighted by atomic mass is 10.2. The van der Waals surface area contributed by atoms with Gasteiger partial charge in [0, 0.05) is 4.47 Å². The van der Waals surface area contributed by atoms with Gasteiger partial charge in [0.25, 0.3) is 11.8 Å². The summed E-state index contributed by atoms with van der Waals surface area (Å²) < 4.78 is 18.8. The van der Waals surface area contributed by atoms with E-state index in [0.29, 0.717) is 4.47 Å². The molecule has 3 N–H and O–H groups in total. The molecule has 0 saturated carbocycles. The van der Waals surface area contributed by atoms with Gasteiger partial charge >= 0.3 is 5.97 Å². The third-order valence-electron chi connectivity index (χ3n) is 2.67. The second kappa shape index (κ2) is 7.34. The lowest BCUT2D eigenvalue weighted by molar-refractivity contribution is -0.119. The fourth-order valence-electron chi connectivity index (χ4n) is 1.63. The summed E-state index contributed by atoms with van der Waals surface area (Å²) in [6.45, 7) is -0.621. The summed E-state index contributed by atoms with van der Waals surface area (Å²) >= 11 is 4.17. The third-order valence-corrected chi connectivity index (χ3v) is 3.99. The number of primary amides is 1. The number of benzene rings is 1. The van der Waals surface area contributed by atoms with Crippen LogP contribution in [0, 0.1) is 5.82 Å². The van der Waals surface area contributed by atoms with Crippen molar-refractivity contribution in [1.82, 2.24) is 0 Å². The summed E-state index contributed by atoms with van der Waals surface area (Å²) in [5.41, 5.74) is 5.03. The molecule has 0 fully saturated rings. The Morgan fingerprint density at radius 3 is 2.65 bits per heavy atom. The molecule has 120 valence electrons. The van der Waals surface area contributed by atoms with Crippen molar-refractivity contribution in [2.75, 3.05) is 11.9 Å². The summed E-state index contributed by atoms with van der Waals surface area (Å²) in [6.07, 6.45) is 0. The van der Waals surface area contributed by atoms with Crippen LogP contribution in [0.25, 0.3) is 0 Å². The van der Waals surface area contributed by atoms with Crippen LogP contribution in [0.5, 0.6) is 0 Å². The highest BCUT2D eigenvalue weighted by Crippen LogP contribution is 2.22. The second-order valence-corrected chi connectivity index (χ2v) is 6.11. The Balaban J connectivity index is 1.95. The average Bonchev–Trinajstić information content (AvgIpc) is 2.93. The summed E-state index contributed by atoms with van der Waals surface area (Å²) in [5, 5.41) is 4.24. The first-order valence-electron chi connectivity index (χ1n) is 6.18. The Hall–Kier alpha value is -2.26. The van der Waals surface area contributed by atoms with Crippen LogP contribution in [0.4, 0.5) is 9.39 Å². The standard InChI is InChI=1S/C14H10BrFN2O4S/c15-7-1-2-8(10(16)5-7)14(21)22-6-11(19)18-13-9(12(17)20)3-4-23-13/h1-5H,6H2,(H2,17,20)(H,18,19). The number of amides is 2. The van der Waals surface area contributed by atoms with Crippen LogP contribution in [0.3, 0.4) is 0 Å². The molecule has 0 aliphatic heterocycles. The van der Waals surface area contributed by atoms with E-state index in [1.807, 2.05) is 0 Å². The van der Waals surface area contributed by atoms with Gasteiger partial charge < -0.3 is 15.8 Å². The molecule has 0 radical (unpaired) electrons. The van der Waals surface area contributed by atoms with Gasteiger partial charge in [-0.15, -0.1) is 11.3 Å². The first-order chi connectivity index (χ1) is 10.9. The molecule has 6 nitrogen and oxygen atoms in total. The molecule has 1 aromatic carbocycles. The summed E-state index contributed by atoms with van der Waals surface area (Å²) in [7, 11) is 0. The van der Waals surface area contributed by atoms with Crippen LogP contribution >= 0.6 is 27.3 Å². The van der Waals surface area contributed by atoms with Gasteiger partial charge in [-0.1, -0.05) is 15.9 Å². The molecule has 1 heterocycles. The van der Waals surface area contributed by atoms with E-state index in [-0.39, 0.29) is 16.1 Å². The highest BCUT2D eigenvalue weighted by molar-refractivity contribution is 9.10. The average molecular weight is 401 g/mol. The normalized spacial score (nSPS) is 10.2. The second-order valence-electron chi connectivity index (χ2n) is 4.28. The van der Waals surface area contributed by atoms with Gasteiger partial charge in [0.2, 0.25) is 0 Å². The van der Waals surface area contributed by atoms with Gasteiger partial charge in [-0.05, 0) is 29.6 Å². The summed E-state index contributed by atoms with van der Waals surface area (Å²) in [6, 6.07) is 5.29. The molecule has 0 unspecified atom stereocenters. The van der Waals surface area contributed by atoms with Gasteiger partial charge in [-0.25, -0.2) is 9.18 Å². The predicted molar refractivity (Wildman–Crippen MR) is 85.8 cm³/mol. The Labute approximate surface area is 142 Å². The number of ether oxygens (including phenoxy) is 1. The van der Waals surface area contributed by atoms with Crippen LogP contribution in [-0.4, -0.2) is 24.4 Å². The molecule has 0 spiro atoms. The van der Waals surface area contributed by atoms with Crippen molar-refractivity contribution in [2.45, 2.75) is 0 Å². The molecule has 23 heavy (non-hydrogen) atoms. The molecule has 2 aromatic rings. The number of carbonyl (C=O) groups is 3. The van der Waals surface area contributed by atoms with Crippen molar-refractivity contribution in [3.63, 3.8) is 0 Å². The molecule has 0 aliphatic rings. The minimum absolute atomic E-state index is 0.161. The van der Waals surface area contributed by atoms with E-state index < -0.39 is 30.2 Å². The molecule has 1 aromatic heterocycles. The van der Waals surface area contributed by atoms with Crippen molar-refractivity contribution >= 4 is 50.1 Å². The fraction of sp³-hybridized carbons (Fsp3) is 0.0714. The maximum atomic E-state index is 13.6. The molecule has 0 aliphatic carbocycles.